The first-order valence-electron chi connectivity index (χ1n) is 8.52. The lowest BCUT2D eigenvalue weighted by molar-refractivity contribution is 0.148. The standard InChI is InChI=1S/C21H18BNO/c22-16-10-8-13-6-7-14-9-11-18-20(19(14)17(13)12-16)24-21(23-18)15-4-2-1-3-5-15/h1-8,10-12,14,21,23H,9,22H2. The Morgan fingerprint density at radius 1 is 1.08 bits per heavy atom. The van der Waals surface area contributed by atoms with E-state index in [1.807, 2.05) is 6.07 Å². The lowest BCUT2D eigenvalue weighted by atomic mass is 9.77. The zero-order chi connectivity index (χ0) is 16.1. The zero-order valence-corrected chi connectivity index (χ0v) is 13.6. The summed E-state index contributed by atoms with van der Waals surface area (Å²) in [7, 11) is 2.15. The average molecular weight is 311 g/mol. The third kappa shape index (κ3) is 2.05. The molecule has 5 rings (SSSR count). The molecule has 0 amide bonds. The summed E-state index contributed by atoms with van der Waals surface area (Å²) in [5, 5.41) is 3.54. The van der Waals surface area contributed by atoms with Crippen molar-refractivity contribution in [2.24, 2.45) is 5.92 Å². The van der Waals surface area contributed by atoms with Crippen LogP contribution in [0.3, 0.4) is 0 Å². The number of allylic oxidation sites excluding steroid dienone is 3. The first-order chi connectivity index (χ1) is 11.8. The van der Waals surface area contributed by atoms with E-state index in [0.717, 1.165) is 23.4 Å². The molecule has 1 heterocycles. The van der Waals surface area contributed by atoms with Crippen LogP contribution in [-0.4, -0.2) is 7.85 Å². The van der Waals surface area contributed by atoms with Gasteiger partial charge in [-0.1, -0.05) is 72.2 Å². The van der Waals surface area contributed by atoms with Crippen LogP contribution in [0.4, 0.5) is 0 Å². The van der Waals surface area contributed by atoms with Gasteiger partial charge < -0.3 is 10.1 Å². The van der Waals surface area contributed by atoms with E-state index in [2.05, 4.69) is 73.9 Å². The van der Waals surface area contributed by atoms with Crippen molar-refractivity contribution in [3.63, 3.8) is 0 Å². The van der Waals surface area contributed by atoms with Crippen molar-refractivity contribution in [1.29, 1.82) is 0 Å². The third-order valence-electron chi connectivity index (χ3n) is 5.07. The van der Waals surface area contributed by atoms with E-state index in [1.165, 1.54) is 22.2 Å². The zero-order valence-electron chi connectivity index (χ0n) is 13.6. The number of benzene rings is 2. The largest absolute Gasteiger partial charge is 0.464 e. The minimum absolute atomic E-state index is 0.0992. The molecule has 2 aromatic carbocycles. The average Bonchev–Trinajstić information content (AvgIpc) is 3.06. The van der Waals surface area contributed by atoms with Crippen LogP contribution in [0, 0.1) is 5.92 Å². The maximum Gasteiger partial charge on any atom is 0.196 e. The second-order valence-corrected chi connectivity index (χ2v) is 6.71. The smallest absolute Gasteiger partial charge is 0.196 e. The van der Waals surface area contributed by atoms with E-state index in [9.17, 15) is 0 Å². The first-order valence-corrected chi connectivity index (χ1v) is 8.52. The summed E-state index contributed by atoms with van der Waals surface area (Å²) in [6, 6.07) is 17.0. The van der Waals surface area contributed by atoms with Gasteiger partial charge in [0.05, 0.1) is 5.70 Å². The fourth-order valence-corrected chi connectivity index (χ4v) is 3.85. The number of hydrogen-bond acceptors (Lipinski definition) is 2. The summed E-state index contributed by atoms with van der Waals surface area (Å²) >= 11 is 0. The molecule has 2 aromatic rings. The van der Waals surface area contributed by atoms with Gasteiger partial charge in [0.1, 0.15) is 13.6 Å². The Bertz CT molecular complexity index is 911. The number of hydrogen-bond donors (Lipinski definition) is 1. The second-order valence-electron chi connectivity index (χ2n) is 6.71. The maximum absolute atomic E-state index is 6.38. The number of ether oxygens (including phenoxy) is 1. The Morgan fingerprint density at radius 3 is 2.83 bits per heavy atom. The highest BCUT2D eigenvalue weighted by atomic mass is 16.5. The fraction of sp³-hybridized carbons (Fsp3) is 0.143. The van der Waals surface area contributed by atoms with Crippen molar-refractivity contribution in [2.45, 2.75) is 12.6 Å². The molecule has 2 nitrogen and oxygen atoms in total. The Morgan fingerprint density at radius 2 is 1.96 bits per heavy atom. The number of fused-ring (bicyclic) bond motifs is 4. The Hall–Kier alpha value is -2.68. The van der Waals surface area contributed by atoms with Crippen LogP contribution >= 0.6 is 0 Å². The van der Waals surface area contributed by atoms with Crippen LogP contribution in [0.2, 0.25) is 0 Å². The minimum atomic E-state index is -0.0992. The molecule has 2 aliphatic carbocycles. The molecular formula is C21H18BNO. The molecule has 3 aliphatic rings. The van der Waals surface area contributed by atoms with Gasteiger partial charge in [-0.15, -0.1) is 0 Å². The Kier molecular flexibility index (Phi) is 2.96. The highest BCUT2D eigenvalue weighted by molar-refractivity contribution is 6.32. The highest BCUT2D eigenvalue weighted by Crippen LogP contribution is 2.45. The van der Waals surface area contributed by atoms with E-state index in [1.54, 1.807) is 0 Å². The first kappa shape index (κ1) is 13.7. The SMILES string of the molecule is Bc1ccc2c(c1)C1=C3OC(c4ccccc4)NC3=CCC1C=C2. The van der Waals surface area contributed by atoms with Gasteiger partial charge in [-0.05, 0) is 17.5 Å². The van der Waals surface area contributed by atoms with E-state index in [0.29, 0.717) is 5.92 Å². The van der Waals surface area contributed by atoms with Gasteiger partial charge in [-0.3, -0.25) is 0 Å². The van der Waals surface area contributed by atoms with Crippen LogP contribution in [0.15, 0.2) is 72.1 Å². The highest BCUT2D eigenvalue weighted by Gasteiger charge is 2.35. The van der Waals surface area contributed by atoms with E-state index < -0.39 is 0 Å². The van der Waals surface area contributed by atoms with Crippen LogP contribution in [-0.2, 0) is 4.74 Å². The molecule has 2 atom stereocenters. The molecule has 1 aliphatic heterocycles. The van der Waals surface area contributed by atoms with E-state index >= 15 is 0 Å². The molecule has 0 bridgehead atoms. The number of rotatable bonds is 1. The van der Waals surface area contributed by atoms with Crippen molar-refractivity contribution in [2.75, 3.05) is 0 Å². The van der Waals surface area contributed by atoms with Gasteiger partial charge in [-0.2, -0.15) is 0 Å². The summed E-state index contributed by atoms with van der Waals surface area (Å²) in [5.74, 6) is 1.44. The van der Waals surface area contributed by atoms with E-state index in [4.69, 9.17) is 4.74 Å². The van der Waals surface area contributed by atoms with Crippen molar-refractivity contribution in [3.05, 3.63) is 88.8 Å². The molecular weight excluding hydrogens is 293 g/mol. The summed E-state index contributed by atoms with van der Waals surface area (Å²) in [6.07, 6.45) is 7.76. The molecule has 2 unspecified atom stereocenters. The molecule has 116 valence electrons. The lowest BCUT2D eigenvalue weighted by Crippen LogP contribution is -2.17. The van der Waals surface area contributed by atoms with Crippen molar-refractivity contribution < 1.29 is 4.74 Å². The second kappa shape index (κ2) is 5.17. The molecule has 1 N–H and O–H groups in total. The Balaban J connectivity index is 1.63. The summed E-state index contributed by atoms with van der Waals surface area (Å²) in [6.45, 7) is 0. The number of nitrogens with one attached hydrogen (secondary N) is 1. The van der Waals surface area contributed by atoms with Gasteiger partial charge in [-0.25, -0.2) is 0 Å². The van der Waals surface area contributed by atoms with Crippen LogP contribution < -0.4 is 10.8 Å². The monoisotopic (exact) mass is 311 g/mol. The Labute approximate surface area is 143 Å². The summed E-state index contributed by atoms with van der Waals surface area (Å²) < 4.78 is 6.38. The van der Waals surface area contributed by atoms with Gasteiger partial charge in [0, 0.05) is 17.1 Å². The molecule has 0 radical (unpaired) electrons. The van der Waals surface area contributed by atoms with Crippen molar-refractivity contribution in [1.82, 2.24) is 5.32 Å². The molecule has 0 saturated carbocycles. The van der Waals surface area contributed by atoms with Crippen molar-refractivity contribution >= 4 is 25.0 Å². The van der Waals surface area contributed by atoms with Crippen LogP contribution in [0.25, 0.3) is 11.6 Å². The summed E-state index contributed by atoms with van der Waals surface area (Å²) in [5.41, 5.74) is 7.52. The van der Waals surface area contributed by atoms with Gasteiger partial charge >= 0.3 is 0 Å². The topological polar surface area (TPSA) is 21.3 Å². The fourth-order valence-electron chi connectivity index (χ4n) is 3.85. The molecule has 3 heteroatoms. The van der Waals surface area contributed by atoms with E-state index in [-0.39, 0.29) is 6.23 Å². The lowest BCUT2D eigenvalue weighted by Gasteiger charge is -2.27. The molecule has 0 aromatic heterocycles. The summed E-state index contributed by atoms with van der Waals surface area (Å²) in [4.78, 5) is 0. The van der Waals surface area contributed by atoms with Gasteiger partial charge in [0.15, 0.2) is 6.23 Å². The molecule has 1 fully saturated rings. The third-order valence-corrected chi connectivity index (χ3v) is 5.07. The van der Waals surface area contributed by atoms with Gasteiger partial charge in [0.2, 0.25) is 0 Å². The molecule has 24 heavy (non-hydrogen) atoms. The quantitative estimate of drug-likeness (QED) is 0.818. The predicted octanol–water partition coefficient (Wildman–Crippen LogP) is 2.91. The predicted molar refractivity (Wildman–Crippen MR) is 100 cm³/mol. The van der Waals surface area contributed by atoms with Crippen LogP contribution in [0.1, 0.15) is 29.3 Å². The normalized spacial score (nSPS) is 23.6. The van der Waals surface area contributed by atoms with Crippen LogP contribution in [0.5, 0.6) is 0 Å². The molecule has 0 spiro atoms. The maximum atomic E-state index is 6.38. The van der Waals surface area contributed by atoms with Crippen molar-refractivity contribution in [3.8, 4) is 0 Å². The van der Waals surface area contributed by atoms with Gasteiger partial charge in [0.25, 0.3) is 0 Å². The minimum Gasteiger partial charge on any atom is -0.464 e. The molecule has 1 saturated heterocycles.